The summed E-state index contributed by atoms with van der Waals surface area (Å²) in [7, 11) is 1.68. The molecule has 0 bridgehead atoms. The molecule has 2 aromatic rings. The second kappa shape index (κ2) is 5.15. The van der Waals surface area contributed by atoms with Crippen LogP contribution in [-0.4, -0.2) is 7.11 Å². The Hall–Kier alpha value is -1.28. The third-order valence-corrected chi connectivity index (χ3v) is 3.99. The van der Waals surface area contributed by atoms with Crippen molar-refractivity contribution in [3.63, 3.8) is 0 Å². The van der Waals surface area contributed by atoms with Crippen LogP contribution >= 0.6 is 15.9 Å². The smallest absolute Gasteiger partial charge is 0.133 e. The lowest BCUT2D eigenvalue weighted by atomic mass is 9.78. The zero-order chi connectivity index (χ0) is 13.2. The third-order valence-electron chi connectivity index (χ3n) is 3.37. The van der Waals surface area contributed by atoms with Crippen molar-refractivity contribution < 1.29 is 4.74 Å². The van der Waals surface area contributed by atoms with Gasteiger partial charge in [0.15, 0.2) is 0 Å². The summed E-state index contributed by atoms with van der Waals surface area (Å²) >= 11 is 3.55. The summed E-state index contributed by atoms with van der Waals surface area (Å²) in [5, 5.41) is 0. The van der Waals surface area contributed by atoms with Crippen LogP contribution in [0.1, 0.15) is 25.0 Å². The maximum absolute atomic E-state index is 5.27. The Balaban J connectivity index is 2.45. The van der Waals surface area contributed by atoms with Crippen molar-refractivity contribution in [3.8, 4) is 5.75 Å². The van der Waals surface area contributed by atoms with Crippen molar-refractivity contribution in [2.24, 2.45) is 0 Å². The number of benzene rings is 2. The fourth-order valence-electron chi connectivity index (χ4n) is 2.08. The number of halogens is 1. The molecule has 0 amide bonds. The van der Waals surface area contributed by atoms with Crippen LogP contribution in [0.25, 0.3) is 0 Å². The minimum Gasteiger partial charge on any atom is -0.496 e. The molecule has 0 radical (unpaired) electrons. The van der Waals surface area contributed by atoms with Crippen LogP contribution in [0.15, 0.2) is 53.0 Å². The zero-order valence-electron chi connectivity index (χ0n) is 10.9. The molecule has 0 spiro atoms. The van der Waals surface area contributed by atoms with Crippen LogP contribution in [0.2, 0.25) is 0 Å². The summed E-state index contributed by atoms with van der Waals surface area (Å²) in [5.41, 5.74) is 2.55. The van der Waals surface area contributed by atoms with E-state index in [0.717, 1.165) is 10.2 Å². The molecule has 2 heteroatoms. The van der Waals surface area contributed by atoms with Crippen LogP contribution in [0, 0.1) is 0 Å². The van der Waals surface area contributed by atoms with Gasteiger partial charge in [0.2, 0.25) is 0 Å². The van der Waals surface area contributed by atoms with Crippen molar-refractivity contribution in [3.05, 3.63) is 64.1 Å². The van der Waals surface area contributed by atoms with Gasteiger partial charge in [0, 0.05) is 5.41 Å². The summed E-state index contributed by atoms with van der Waals surface area (Å²) in [6.07, 6.45) is 0. The van der Waals surface area contributed by atoms with Crippen molar-refractivity contribution in [2.45, 2.75) is 19.3 Å². The first-order valence-electron chi connectivity index (χ1n) is 5.95. The molecule has 0 saturated carbocycles. The quantitative estimate of drug-likeness (QED) is 0.792. The number of rotatable bonds is 3. The van der Waals surface area contributed by atoms with E-state index >= 15 is 0 Å². The predicted molar refractivity (Wildman–Crippen MR) is 79.3 cm³/mol. The molecule has 94 valence electrons. The Morgan fingerprint density at radius 1 is 0.944 bits per heavy atom. The second-order valence-electron chi connectivity index (χ2n) is 4.84. The number of methoxy groups -OCH3 is 1. The standard InChI is InChI=1S/C16H17BrO/c1-16(2,12-7-5-4-6-8-12)13-9-10-15(18-3)14(17)11-13/h4-11H,1-3H3. The van der Waals surface area contributed by atoms with Crippen molar-refractivity contribution in [1.29, 1.82) is 0 Å². The van der Waals surface area contributed by atoms with Crippen LogP contribution in [0.3, 0.4) is 0 Å². The summed E-state index contributed by atoms with van der Waals surface area (Å²) in [4.78, 5) is 0. The summed E-state index contributed by atoms with van der Waals surface area (Å²) in [5.74, 6) is 0.864. The molecule has 0 atom stereocenters. The van der Waals surface area contributed by atoms with Gasteiger partial charge in [-0.3, -0.25) is 0 Å². The van der Waals surface area contributed by atoms with Gasteiger partial charge in [0.1, 0.15) is 5.75 Å². The first-order chi connectivity index (χ1) is 8.55. The van der Waals surface area contributed by atoms with Crippen LogP contribution in [0.5, 0.6) is 5.75 Å². The van der Waals surface area contributed by atoms with Gasteiger partial charge in [0.05, 0.1) is 11.6 Å². The van der Waals surface area contributed by atoms with Gasteiger partial charge in [-0.25, -0.2) is 0 Å². The predicted octanol–water partition coefficient (Wildman–Crippen LogP) is 4.78. The van der Waals surface area contributed by atoms with Gasteiger partial charge in [-0.15, -0.1) is 0 Å². The molecular formula is C16H17BrO. The Morgan fingerprint density at radius 2 is 1.61 bits per heavy atom. The number of hydrogen-bond donors (Lipinski definition) is 0. The van der Waals surface area contributed by atoms with Gasteiger partial charge in [-0.2, -0.15) is 0 Å². The highest BCUT2D eigenvalue weighted by molar-refractivity contribution is 9.10. The average molecular weight is 305 g/mol. The van der Waals surface area contributed by atoms with E-state index in [-0.39, 0.29) is 5.41 Å². The van der Waals surface area contributed by atoms with Crippen molar-refractivity contribution >= 4 is 15.9 Å². The maximum Gasteiger partial charge on any atom is 0.133 e. The molecule has 0 heterocycles. The second-order valence-corrected chi connectivity index (χ2v) is 5.69. The molecule has 0 aliphatic rings. The number of hydrogen-bond acceptors (Lipinski definition) is 1. The molecule has 0 aromatic heterocycles. The first kappa shape index (κ1) is 13.2. The molecule has 0 saturated heterocycles. The topological polar surface area (TPSA) is 9.23 Å². The molecule has 2 aromatic carbocycles. The molecule has 0 unspecified atom stereocenters. The molecule has 18 heavy (non-hydrogen) atoms. The molecule has 2 rings (SSSR count). The van der Waals surface area contributed by atoms with E-state index in [1.807, 2.05) is 12.1 Å². The SMILES string of the molecule is COc1ccc(C(C)(C)c2ccccc2)cc1Br. The van der Waals surface area contributed by atoms with Crippen LogP contribution < -0.4 is 4.74 Å². The maximum atomic E-state index is 5.27. The minimum atomic E-state index is -0.0178. The molecule has 0 N–H and O–H groups in total. The minimum absolute atomic E-state index is 0.0178. The van der Waals surface area contributed by atoms with E-state index in [0.29, 0.717) is 0 Å². The van der Waals surface area contributed by atoms with E-state index in [9.17, 15) is 0 Å². The van der Waals surface area contributed by atoms with Crippen LogP contribution in [0.4, 0.5) is 0 Å². The monoisotopic (exact) mass is 304 g/mol. The Kier molecular flexibility index (Phi) is 3.76. The van der Waals surface area contributed by atoms with Crippen molar-refractivity contribution in [1.82, 2.24) is 0 Å². The fraction of sp³-hybridized carbons (Fsp3) is 0.250. The van der Waals surface area contributed by atoms with Crippen LogP contribution in [-0.2, 0) is 5.41 Å². The van der Waals surface area contributed by atoms with E-state index in [1.165, 1.54) is 11.1 Å². The summed E-state index contributed by atoms with van der Waals surface area (Å²) < 4.78 is 6.26. The van der Waals surface area contributed by atoms with Gasteiger partial charge in [0.25, 0.3) is 0 Å². The normalized spacial score (nSPS) is 11.3. The fourth-order valence-corrected chi connectivity index (χ4v) is 2.62. The highest BCUT2D eigenvalue weighted by Gasteiger charge is 2.23. The number of ether oxygens (including phenoxy) is 1. The Morgan fingerprint density at radius 3 is 2.17 bits per heavy atom. The summed E-state index contributed by atoms with van der Waals surface area (Å²) in [6.45, 7) is 4.47. The lowest BCUT2D eigenvalue weighted by Crippen LogP contribution is -2.18. The van der Waals surface area contributed by atoms with Gasteiger partial charge in [-0.1, -0.05) is 50.2 Å². The lowest BCUT2D eigenvalue weighted by Gasteiger charge is -2.26. The van der Waals surface area contributed by atoms with E-state index in [2.05, 4.69) is 66.2 Å². The highest BCUT2D eigenvalue weighted by atomic mass is 79.9. The van der Waals surface area contributed by atoms with Gasteiger partial charge in [-0.05, 0) is 39.2 Å². The Bertz CT molecular complexity index is 532. The highest BCUT2D eigenvalue weighted by Crippen LogP contribution is 2.35. The zero-order valence-corrected chi connectivity index (χ0v) is 12.5. The molecular weight excluding hydrogens is 288 g/mol. The lowest BCUT2D eigenvalue weighted by molar-refractivity contribution is 0.411. The molecule has 1 nitrogen and oxygen atoms in total. The van der Waals surface area contributed by atoms with E-state index in [1.54, 1.807) is 7.11 Å². The molecule has 0 aliphatic heterocycles. The van der Waals surface area contributed by atoms with Gasteiger partial charge >= 0.3 is 0 Å². The summed E-state index contributed by atoms with van der Waals surface area (Å²) in [6, 6.07) is 16.8. The largest absolute Gasteiger partial charge is 0.496 e. The van der Waals surface area contributed by atoms with E-state index in [4.69, 9.17) is 4.74 Å². The van der Waals surface area contributed by atoms with Gasteiger partial charge < -0.3 is 4.74 Å². The Labute approximate surface area is 117 Å². The first-order valence-corrected chi connectivity index (χ1v) is 6.74. The molecule has 0 aliphatic carbocycles. The third kappa shape index (κ3) is 2.44. The average Bonchev–Trinajstić information content (AvgIpc) is 2.39. The van der Waals surface area contributed by atoms with E-state index < -0.39 is 0 Å². The van der Waals surface area contributed by atoms with Crippen molar-refractivity contribution in [2.75, 3.05) is 7.11 Å². The molecule has 0 fully saturated rings.